The lowest BCUT2D eigenvalue weighted by atomic mass is 9.97. The van der Waals surface area contributed by atoms with Crippen molar-refractivity contribution >= 4 is 5.97 Å². The maximum atomic E-state index is 11.9. The van der Waals surface area contributed by atoms with Crippen molar-refractivity contribution in [2.45, 2.75) is 143 Å². The van der Waals surface area contributed by atoms with Gasteiger partial charge >= 0.3 is 5.97 Å². The maximum absolute atomic E-state index is 11.9. The van der Waals surface area contributed by atoms with Gasteiger partial charge < -0.3 is 4.74 Å². The van der Waals surface area contributed by atoms with Gasteiger partial charge in [-0.2, -0.15) is 0 Å². The molecule has 0 N–H and O–H groups in total. The minimum atomic E-state index is 0.0144. The molecule has 0 aliphatic heterocycles. The SMILES string of the molecule is CCCCCCC(C)C(=O)OCCCCCCCCCCCC(C)CCCC. The molecule has 0 radical (unpaired) electrons. The van der Waals surface area contributed by atoms with Crippen LogP contribution in [0.2, 0.25) is 0 Å². The third-order valence-electron chi connectivity index (χ3n) is 6.03. The van der Waals surface area contributed by atoms with E-state index in [0.717, 1.165) is 25.2 Å². The first kappa shape index (κ1) is 27.5. The number of unbranched alkanes of at least 4 members (excludes halogenated alkanes) is 12. The molecule has 0 saturated carbocycles. The average molecular weight is 397 g/mol. The summed E-state index contributed by atoms with van der Waals surface area (Å²) < 4.78 is 5.44. The molecule has 0 aliphatic carbocycles. The third kappa shape index (κ3) is 18.8. The van der Waals surface area contributed by atoms with Gasteiger partial charge in [0.15, 0.2) is 0 Å². The highest BCUT2D eigenvalue weighted by Gasteiger charge is 2.13. The molecule has 0 saturated heterocycles. The Bertz CT molecular complexity index is 326. The maximum Gasteiger partial charge on any atom is 0.308 e. The molecule has 0 spiro atoms. The van der Waals surface area contributed by atoms with Gasteiger partial charge in [-0.15, -0.1) is 0 Å². The highest BCUT2D eigenvalue weighted by Crippen LogP contribution is 2.17. The Labute approximate surface area is 177 Å². The van der Waals surface area contributed by atoms with Gasteiger partial charge in [0.25, 0.3) is 0 Å². The first-order valence-corrected chi connectivity index (χ1v) is 12.8. The van der Waals surface area contributed by atoms with E-state index in [0.29, 0.717) is 6.61 Å². The standard InChI is InChI=1S/C26H52O2/c1-5-7-9-18-22-25(4)26(27)28-23-19-16-14-12-10-11-13-15-17-21-24(3)20-8-6-2/h24-25H,5-23H2,1-4H3. The number of hydrogen-bond acceptors (Lipinski definition) is 2. The average Bonchev–Trinajstić information content (AvgIpc) is 2.70. The van der Waals surface area contributed by atoms with E-state index >= 15 is 0 Å². The van der Waals surface area contributed by atoms with Gasteiger partial charge in [0.2, 0.25) is 0 Å². The first-order valence-electron chi connectivity index (χ1n) is 12.8. The molecule has 0 aromatic rings. The molecule has 2 atom stereocenters. The molecular formula is C26H52O2. The largest absolute Gasteiger partial charge is 0.465 e. The fourth-order valence-corrected chi connectivity index (χ4v) is 3.84. The zero-order chi connectivity index (χ0) is 20.9. The molecule has 0 aliphatic rings. The summed E-state index contributed by atoms with van der Waals surface area (Å²) in [6.07, 6.45) is 23.4. The highest BCUT2D eigenvalue weighted by molar-refractivity contribution is 5.71. The van der Waals surface area contributed by atoms with Gasteiger partial charge in [-0.25, -0.2) is 0 Å². The van der Waals surface area contributed by atoms with Gasteiger partial charge in [0.1, 0.15) is 0 Å². The summed E-state index contributed by atoms with van der Waals surface area (Å²) in [7, 11) is 0. The van der Waals surface area contributed by atoms with Crippen molar-refractivity contribution in [2.75, 3.05) is 6.61 Å². The number of ether oxygens (including phenoxy) is 1. The summed E-state index contributed by atoms with van der Waals surface area (Å²) in [5, 5.41) is 0. The van der Waals surface area contributed by atoms with Gasteiger partial charge in [-0.05, 0) is 18.8 Å². The van der Waals surface area contributed by atoms with Crippen LogP contribution in [0.3, 0.4) is 0 Å². The van der Waals surface area contributed by atoms with Crippen molar-refractivity contribution in [1.29, 1.82) is 0 Å². The zero-order valence-electron chi connectivity index (χ0n) is 19.9. The van der Waals surface area contributed by atoms with E-state index < -0.39 is 0 Å². The summed E-state index contributed by atoms with van der Waals surface area (Å²) in [5.41, 5.74) is 0. The van der Waals surface area contributed by atoms with Crippen molar-refractivity contribution < 1.29 is 9.53 Å². The Kier molecular flexibility index (Phi) is 20.8. The van der Waals surface area contributed by atoms with Crippen LogP contribution in [0.15, 0.2) is 0 Å². The normalized spacial score (nSPS) is 13.4. The summed E-state index contributed by atoms with van der Waals surface area (Å²) >= 11 is 0. The van der Waals surface area contributed by atoms with E-state index in [1.807, 2.05) is 6.92 Å². The minimum absolute atomic E-state index is 0.0144. The third-order valence-corrected chi connectivity index (χ3v) is 6.03. The second-order valence-electron chi connectivity index (χ2n) is 9.14. The van der Waals surface area contributed by atoms with E-state index in [9.17, 15) is 4.79 Å². The monoisotopic (exact) mass is 396 g/mol. The second-order valence-corrected chi connectivity index (χ2v) is 9.14. The summed E-state index contributed by atoms with van der Waals surface area (Å²) in [6, 6.07) is 0. The van der Waals surface area contributed by atoms with Crippen LogP contribution in [0.5, 0.6) is 0 Å². The predicted octanol–water partition coefficient (Wildman–Crippen LogP) is 8.86. The fraction of sp³-hybridized carbons (Fsp3) is 0.962. The zero-order valence-corrected chi connectivity index (χ0v) is 19.9. The van der Waals surface area contributed by atoms with E-state index in [-0.39, 0.29) is 11.9 Å². The van der Waals surface area contributed by atoms with Crippen molar-refractivity contribution in [3.63, 3.8) is 0 Å². The number of carbonyl (C=O) groups is 1. The van der Waals surface area contributed by atoms with Gasteiger partial charge in [0.05, 0.1) is 12.5 Å². The summed E-state index contributed by atoms with van der Waals surface area (Å²) in [6.45, 7) is 9.56. The van der Waals surface area contributed by atoms with E-state index in [2.05, 4.69) is 20.8 Å². The number of carbonyl (C=O) groups excluding carboxylic acids is 1. The Morgan fingerprint density at radius 1 is 0.607 bits per heavy atom. The van der Waals surface area contributed by atoms with Crippen LogP contribution in [-0.4, -0.2) is 12.6 Å². The van der Waals surface area contributed by atoms with Crippen molar-refractivity contribution in [2.24, 2.45) is 11.8 Å². The Balaban J connectivity index is 3.29. The molecule has 168 valence electrons. The Morgan fingerprint density at radius 3 is 1.68 bits per heavy atom. The van der Waals surface area contributed by atoms with Gasteiger partial charge in [-0.1, -0.05) is 130 Å². The van der Waals surface area contributed by atoms with Crippen LogP contribution in [0.1, 0.15) is 143 Å². The molecule has 0 aromatic carbocycles. The summed E-state index contributed by atoms with van der Waals surface area (Å²) in [4.78, 5) is 11.9. The van der Waals surface area contributed by atoms with Crippen molar-refractivity contribution in [3.05, 3.63) is 0 Å². The van der Waals surface area contributed by atoms with Crippen molar-refractivity contribution in [1.82, 2.24) is 0 Å². The van der Waals surface area contributed by atoms with E-state index in [1.165, 1.54) is 96.3 Å². The molecule has 0 bridgehead atoms. The lowest BCUT2D eigenvalue weighted by Gasteiger charge is -2.11. The van der Waals surface area contributed by atoms with Crippen LogP contribution in [0.4, 0.5) is 0 Å². The van der Waals surface area contributed by atoms with E-state index in [4.69, 9.17) is 4.74 Å². The Morgan fingerprint density at radius 2 is 1.07 bits per heavy atom. The van der Waals surface area contributed by atoms with Crippen LogP contribution in [-0.2, 0) is 9.53 Å². The first-order chi connectivity index (χ1) is 13.6. The number of hydrogen-bond donors (Lipinski definition) is 0. The molecule has 0 fully saturated rings. The number of rotatable bonds is 21. The smallest absolute Gasteiger partial charge is 0.308 e. The fourth-order valence-electron chi connectivity index (χ4n) is 3.84. The van der Waals surface area contributed by atoms with Crippen LogP contribution in [0, 0.1) is 11.8 Å². The molecular weight excluding hydrogens is 344 g/mol. The Hall–Kier alpha value is -0.530. The highest BCUT2D eigenvalue weighted by atomic mass is 16.5. The predicted molar refractivity (Wildman–Crippen MR) is 124 cm³/mol. The van der Waals surface area contributed by atoms with Gasteiger partial charge in [-0.3, -0.25) is 4.79 Å². The topological polar surface area (TPSA) is 26.3 Å². The van der Waals surface area contributed by atoms with Gasteiger partial charge in [0, 0.05) is 0 Å². The van der Waals surface area contributed by atoms with Crippen LogP contribution < -0.4 is 0 Å². The minimum Gasteiger partial charge on any atom is -0.465 e. The molecule has 0 aromatic heterocycles. The quantitative estimate of drug-likeness (QED) is 0.143. The van der Waals surface area contributed by atoms with Crippen LogP contribution >= 0.6 is 0 Å². The molecule has 0 heterocycles. The van der Waals surface area contributed by atoms with Crippen molar-refractivity contribution in [3.8, 4) is 0 Å². The lowest BCUT2D eigenvalue weighted by molar-refractivity contribution is -0.148. The molecule has 0 amide bonds. The van der Waals surface area contributed by atoms with E-state index in [1.54, 1.807) is 0 Å². The lowest BCUT2D eigenvalue weighted by Crippen LogP contribution is -2.15. The molecule has 2 unspecified atom stereocenters. The second kappa shape index (κ2) is 21.2. The molecule has 0 rings (SSSR count). The van der Waals surface area contributed by atoms with Crippen LogP contribution in [0.25, 0.3) is 0 Å². The molecule has 2 heteroatoms. The summed E-state index contributed by atoms with van der Waals surface area (Å²) in [5.74, 6) is 1.02. The number of esters is 1. The molecule has 28 heavy (non-hydrogen) atoms. The molecule has 2 nitrogen and oxygen atoms in total.